The van der Waals surface area contributed by atoms with Gasteiger partial charge in [-0.25, -0.2) is 0 Å². The van der Waals surface area contributed by atoms with Crippen molar-refractivity contribution in [3.63, 3.8) is 0 Å². The summed E-state index contributed by atoms with van der Waals surface area (Å²) in [5.41, 5.74) is 1.40. The molecule has 0 spiro atoms. The average molecular weight is 284 g/mol. The Balaban J connectivity index is 1.67. The molecule has 0 saturated carbocycles. The molecular weight excluding hydrogens is 260 g/mol. The van der Waals surface area contributed by atoms with Gasteiger partial charge in [0, 0.05) is 25.2 Å². The van der Waals surface area contributed by atoms with Crippen molar-refractivity contribution in [2.24, 2.45) is 0 Å². The van der Waals surface area contributed by atoms with Crippen LogP contribution in [0.5, 0.6) is 0 Å². The summed E-state index contributed by atoms with van der Waals surface area (Å²) in [5, 5.41) is 3.68. The Kier molecular flexibility index (Phi) is 4.42. The second-order valence-corrected chi connectivity index (χ2v) is 6.03. The summed E-state index contributed by atoms with van der Waals surface area (Å²) in [6, 6.07) is 16.1. The van der Waals surface area contributed by atoms with E-state index in [-0.39, 0.29) is 0 Å². The number of piperazine rings is 1. The lowest BCUT2D eigenvalue weighted by Crippen LogP contribution is -2.56. The van der Waals surface area contributed by atoms with Gasteiger partial charge in [0.25, 0.3) is 0 Å². The van der Waals surface area contributed by atoms with Crippen LogP contribution in [0.2, 0.25) is 0 Å². The maximum absolute atomic E-state index is 5.59. The fourth-order valence-electron chi connectivity index (χ4n) is 3.22. The number of hydrogen-bond donors (Lipinski definition) is 1. The number of rotatable bonds is 4. The first-order valence-electron chi connectivity index (χ1n) is 7.80. The maximum atomic E-state index is 5.59. The zero-order valence-corrected chi connectivity index (χ0v) is 12.8. The molecule has 3 heteroatoms. The van der Waals surface area contributed by atoms with Gasteiger partial charge in [-0.2, -0.15) is 0 Å². The molecule has 1 aliphatic rings. The summed E-state index contributed by atoms with van der Waals surface area (Å²) >= 11 is 0. The summed E-state index contributed by atoms with van der Waals surface area (Å²) in [5.74, 6) is 1.06. The van der Waals surface area contributed by atoms with Crippen molar-refractivity contribution in [1.82, 2.24) is 10.2 Å². The number of nitrogens with one attached hydrogen (secondary N) is 1. The Bertz CT molecular complexity index is 538. The molecule has 0 bridgehead atoms. The van der Waals surface area contributed by atoms with Crippen molar-refractivity contribution in [3.8, 4) is 0 Å². The van der Waals surface area contributed by atoms with Crippen molar-refractivity contribution in [3.05, 3.63) is 60.1 Å². The van der Waals surface area contributed by atoms with Crippen molar-refractivity contribution in [2.75, 3.05) is 13.1 Å². The standard InChI is InChI=1S/C18H24N2O/c1-14-12-19-17(11-16-7-4-3-5-8-16)13-20(14)15(2)18-9-6-10-21-18/h3-10,14-15,17,19H,11-13H2,1-2H3. The largest absolute Gasteiger partial charge is 0.468 e. The highest BCUT2D eigenvalue weighted by Crippen LogP contribution is 2.25. The van der Waals surface area contributed by atoms with Gasteiger partial charge in [-0.05, 0) is 38.0 Å². The molecule has 21 heavy (non-hydrogen) atoms. The van der Waals surface area contributed by atoms with Gasteiger partial charge in [-0.3, -0.25) is 4.90 Å². The van der Waals surface area contributed by atoms with Crippen LogP contribution in [0, 0.1) is 0 Å². The molecule has 1 aromatic heterocycles. The molecule has 3 unspecified atom stereocenters. The van der Waals surface area contributed by atoms with Crippen molar-refractivity contribution < 1.29 is 4.42 Å². The van der Waals surface area contributed by atoms with Crippen molar-refractivity contribution in [2.45, 2.75) is 38.4 Å². The monoisotopic (exact) mass is 284 g/mol. The molecule has 112 valence electrons. The summed E-state index contributed by atoms with van der Waals surface area (Å²) in [7, 11) is 0. The van der Waals surface area contributed by atoms with Crippen LogP contribution in [0.3, 0.4) is 0 Å². The van der Waals surface area contributed by atoms with Crippen LogP contribution >= 0.6 is 0 Å². The fraction of sp³-hybridized carbons (Fsp3) is 0.444. The number of hydrogen-bond acceptors (Lipinski definition) is 3. The van der Waals surface area contributed by atoms with Crippen molar-refractivity contribution >= 4 is 0 Å². The molecule has 1 fully saturated rings. The third kappa shape index (κ3) is 3.36. The minimum Gasteiger partial charge on any atom is -0.468 e. The predicted molar refractivity (Wildman–Crippen MR) is 85.2 cm³/mol. The van der Waals surface area contributed by atoms with Gasteiger partial charge in [-0.1, -0.05) is 30.3 Å². The molecule has 3 atom stereocenters. The van der Waals surface area contributed by atoms with E-state index in [9.17, 15) is 0 Å². The molecule has 0 aliphatic carbocycles. The van der Waals surface area contributed by atoms with Crippen LogP contribution in [0.1, 0.15) is 31.2 Å². The van der Waals surface area contributed by atoms with Crippen LogP contribution in [-0.2, 0) is 6.42 Å². The molecule has 1 aliphatic heterocycles. The molecule has 1 saturated heterocycles. The average Bonchev–Trinajstić information content (AvgIpc) is 3.04. The second kappa shape index (κ2) is 6.46. The molecule has 0 radical (unpaired) electrons. The first-order chi connectivity index (χ1) is 10.2. The number of benzene rings is 1. The molecule has 2 heterocycles. The lowest BCUT2D eigenvalue weighted by Gasteiger charge is -2.41. The quantitative estimate of drug-likeness (QED) is 0.934. The lowest BCUT2D eigenvalue weighted by atomic mass is 10.00. The first kappa shape index (κ1) is 14.4. The highest BCUT2D eigenvalue weighted by Gasteiger charge is 2.30. The summed E-state index contributed by atoms with van der Waals surface area (Å²) in [4.78, 5) is 2.54. The van der Waals surface area contributed by atoms with E-state index >= 15 is 0 Å². The Hall–Kier alpha value is -1.58. The van der Waals surface area contributed by atoms with Crippen LogP contribution < -0.4 is 5.32 Å². The molecule has 3 nitrogen and oxygen atoms in total. The normalized spacial score (nSPS) is 24.9. The van der Waals surface area contributed by atoms with Gasteiger partial charge >= 0.3 is 0 Å². The second-order valence-electron chi connectivity index (χ2n) is 6.03. The highest BCUT2D eigenvalue weighted by atomic mass is 16.3. The minimum atomic E-state index is 0.329. The number of nitrogens with zero attached hydrogens (tertiary/aromatic N) is 1. The number of furan rings is 1. The summed E-state index contributed by atoms with van der Waals surface area (Å²) in [6.07, 6.45) is 2.84. The zero-order valence-electron chi connectivity index (χ0n) is 12.8. The molecule has 1 aromatic carbocycles. The van der Waals surface area contributed by atoms with E-state index < -0.39 is 0 Å². The third-order valence-corrected chi connectivity index (χ3v) is 4.48. The van der Waals surface area contributed by atoms with Crippen LogP contribution in [-0.4, -0.2) is 30.1 Å². The van der Waals surface area contributed by atoms with E-state index in [2.05, 4.69) is 60.5 Å². The van der Waals surface area contributed by atoms with Crippen LogP contribution in [0.25, 0.3) is 0 Å². The molecule has 2 aromatic rings. The van der Waals surface area contributed by atoms with E-state index in [1.165, 1.54) is 5.56 Å². The maximum Gasteiger partial charge on any atom is 0.120 e. The van der Waals surface area contributed by atoms with Gasteiger partial charge in [0.2, 0.25) is 0 Å². The van der Waals surface area contributed by atoms with Gasteiger partial charge in [0.05, 0.1) is 12.3 Å². The molecule has 0 amide bonds. The topological polar surface area (TPSA) is 28.4 Å². The van der Waals surface area contributed by atoms with E-state index in [0.717, 1.165) is 25.3 Å². The van der Waals surface area contributed by atoms with Crippen LogP contribution in [0.15, 0.2) is 53.1 Å². The predicted octanol–water partition coefficient (Wildman–Crippen LogP) is 3.25. The SMILES string of the molecule is CC1CNC(Cc2ccccc2)CN1C(C)c1ccco1. The Morgan fingerprint density at radius 1 is 1.24 bits per heavy atom. The Morgan fingerprint density at radius 3 is 2.76 bits per heavy atom. The Morgan fingerprint density at radius 2 is 2.05 bits per heavy atom. The van der Waals surface area contributed by atoms with E-state index in [4.69, 9.17) is 4.42 Å². The Labute approximate surface area is 127 Å². The van der Waals surface area contributed by atoms with E-state index in [1.807, 2.05) is 6.07 Å². The lowest BCUT2D eigenvalue weighted by molar-refractivity contribution is 0.0876. The fourth-order valence-corrected chi connectivity index (χ4v) is 3.22. The molecular formula is C18H24N2O. The van der Waals surface area contributed by atoms with Crippen LogP contribution in [0.4, 0.5) is 0 Å². The van der Waals surface area contributed by atoms with Crippen molar-refractivity contribution in [1.29, 1.82) is 0 Å². The highest BCUT2D eigenvalue weighted by molar-refractivity contribution is 5.16. The summed E-state index contributed by atoms with van der Waals surface area (Å²) < 4.78 is 5.59. The van der Waals surface area contributed by atoms with Gasteiger partial charge in [0.15, 0.2) is 0 Å². The molecule has 1 N–H and O–H groups in total. The first-order valence-corrected chi connectivity index (χ1v) is 7.80. The summed E-state index contributed by atoms with van der Waals surface area (Å²) in [6.45, 7) is 6.60. The zero-order chi connectivity index (χ0) is 14.7. The minimum absolute atomic E-state index is 0.329. The van der Waals surface area contributed by atoms with E-state index in [0.29, 0.717) is 18.1 Å². The van der Waals surface area contributed by atoms with E-state index in [1.54, 1.807) is 6.26 Å². The van der Waals surface area contributed by atoms with Gasteiger partial charge in [-0.15, -0.1) is 0 Å². The smallest absolute Gasteiger partial charge is 0.120 e. The molecule has 3 rings (SSSR count). The van der Waals surface area contributed by atoms with Gasteiger partial charge in [0.1, 0.15) is 5.76 Å². The van der Waals surface area contributed by atoms with Gasteiger partial charge < -0.3 is 9.73 Å². The third-order valence-electron chi connectivity index (χ3n) is 4.48.